The zero-order valence-corrected chi connectivity index (χ0v) is 10.7. The fourth-order valence-corrected chi connectivity index (χ4v) is 2.96. The average Bonchev–Trinajstić information content (AvgIpc) is 2.79. The fraction of sp³-hybridized carbons (Fsp3) is 0.250. The van der Waals surface area contributed by atoms with Gasteiger partial charge in [0.1, 0.15) is 0 Å². The first-order valence-corrected chi connectivity index (χ1v) is 6.98. The van der Waals surface area contributed by atoms with Crippen LogP contribution in [0.1, 0.15) is 23.4 Å². The summed E-state index contributed by atoms with van der Waals surface area (Å²) in [4.78, 5) is 6.63. The van der Waals surface area contributed by atoms with E-state index >= 15 is 0 Å². The van der Waals surface area contributed by atoms with Crippen LogP contribution in [0.25, 0.3) is 0 Å². The van der Waals surface area contributed by atoms with E-state index in [9.17, 15) is 0 Å². The van der Waals surface area contributed by atoms with E-state index in [0.717, 1.165) is 5.75 Å². The van der Waals surface area contributed by atoms with Crippen LogP contribution in [-0.2, 0) is 5.75 Å². The van der Waals surface area contributed by atoms with E-state index in [1.165, 1.54) is 15.3 Å². The van der Waals surface area contributed by atoms with Gasteiger partial charge in [-0.15, -0.1) is 23.1 Å². The van der Waals surface area contributed by atoms with Gasteiger partial charge in [-0.3, -0.25) is 4.98 Å². The zero-order valence-electron chi connectivity index (χ0n) is 9.09. The number of aromatic nitrogens is 1. The van der Waals surface area contributed by atoms with Gasteiger partial charge in [0, 0.05) is 27.8 Å². The number of thioether (sulfide) groups is 1. The van der Waals surface area contributed by atoms with Crippen molar-refractivity contribution in [2.45, 2.75) is 23.6 Å². The number of rotatable bonds is 4. The van der Waals surface area contributed by atoms with Crippen LogP contribution < -0.4 is 5.73 Å². The lowest BCUT2D eigenvalue weighted by atomic mass is 10.1. The van der Waals surface area contributed by atoms with Crippen molar-refractivity contribution in [1.29, 1.82) is 0 Å². The van der Waals surface area contributed by atoms with Gasteiger partial charge in [-0.25, -0.2) is 0 Å². The highest BCUT2D eigenvalue weighted by atomic mass is 32.2. The minimum Gasteiger partial charge on any atom is -0.324 e. The van der Waals surface area contributed by atoms with Crippen LogP contribution in [0.5, 0.6) is 0 Å². The molecule has 1 heterocycles. The Morgan fingerprint density at radius 2 is 2.38 bits per heavy atom. The Hall–Kier alpha value is -0.840. The maximum atomic E-state index is 5.86. The Morgan fingerprint density at radius 3 is 3.06 bits per heavy atom. The third-order valence-electron chi connectivity index (χ3n) is 2.25. The zero-order chi connectivity index (χ0) is 11.4. The largest absolute Gasteiger partial charge is 0.324 e. The summed E-state index contributed by atoms with van der Waals surface area (Å²) in [5, 5.41) is 0. The van der Waals surface area contributed by atoms with Crippen molar-refractivity contribution in [1.82, 2.24) is 4.98 Å². The van der Waals surface area contributed by atoms with Gasteiger partial charge in [0.2, 0.25) is 0 Å². The molecule has 1 aromatic carbocycles. The molecule has 0 bridgehead atoms. The third-order valence-corrected chi connectivity index (χ3v) is 4.25. The Balaban J connectivity index is 2.01. The van der Waals surface area contributed by atoms with E-state index in [-0.39, 0.29) is 6.04 Å². The van der Waals surface area contributed by atoms with Crippen LogP contribution in [0.3, 0.4) is 0 Å². The highest BCUT2D eigenvalue weighted by Crippen LogP contribution is 2.26. The Labute approximate surface area is 104 Å². The summed E-state index contributed by atoms with van der Waals surface area (Å²) >= 11 is 3.52. The van der Waals surface area contributed by atoms with E-state index in [0.29, 0.717) is 0 Å². The number of nitrogens with two attached hydrogens (primary N) is 1. The Bertz CT molecular complexity index is 438. The molecular formula is C12H14N2S2. The normalized spacial score (nSPS) is 12.6. The molecular weight excluding hydrogens is 236 g/mol. The number of hydrogen-bond acceptors (Lipinski definition) is 4. The molecule has 1 aromatic heterocycles. The monoisotopic (exact) mass is 250 g/mol. The summed E-state index contributed by atoms with van der Waals surface area (Å²) in [6.45, 7) is 2.01. The standard InChI is InChI=1S/C12H14N2S2/c1-9(13)10-3-2-4-11(5-10)15-7-12-6-14-8-16-12/h2-6,8-9H,7,13H2,1H3. The molecule has 0 aliphatic heterocycles. The van der Waals surface area contributed by atoms with E-state index in [1.807, 2.05) is 30.4 Å². The highest BCUT2D eigenvalue weighted by Gasteiger charge is 2.02. The average molecular weight is 250 g/mol. The van der Waals surface area contributed by atoms with Crippen molar-refractivity contribution in [3.05, 3.63) is 46.4 Å². The second-order valence-corrected chi connectivity index (χ2v) is 5.64. The Morgan fingerprint density at radius 1 is 1.50 bits per heavy atom. The fourth-order valence-electron chi connectivity index (χ4n) is 1.36. The SMILES string of the molecule is CC(N)c1cccc(SCc2cncs2)c1. The smallest absolute Gasteiger partial charge is 0.0794 e. The van der Waals surface area contributed by atoms with E-state index in [2.05, 4.69) is 29.2 Å². The van der Waals surface area contributed by atoms with Gasteiger partial charge >= 0.3 is 0 Å². The molecule has 84 valence electrons. The molecule has 0 saturated heterocycles. The second-order valence-electron chi connectivity index (χ2n) is 3.62. The minimum atomic E-state index is 0.101. The van der Waals surface area contributed by atoms with Crippen molar-refractivity contribution in [3.8, 4) is 0 Å². The summed E-state index contributed by atoms with van der Waals surface area (Å²) < 4.78 is 0. The van der Waals surface area contributed by atoms with Crippen molar-refractivity contribution >= 4 is 23.1 Å². The molecule has 0 fully saturated rings. The minimum absolute atomic E-state index is 0.101. The van der Waals surface area contributed by atoms with Crippen LogP contribution in [0.4, 0.5) is 0 Å². The van der Waals surface area contributed by atoms with E-state index in [4.69, 9.17) is 5.73 Å². The van der Waals surface area contributed by atoms with Gasteiger partial charge in [0.15, 0.2) is 0 Å². The summed E-state index contributed by atoms with van der Waals surface area (Å²) in [6, 6.07) is 8.52. The Kier molecular flexibility index (Phi) is 3.98. The lowest BCUT2D eigenvalue weighted by molar-refractivity contribution is 0.815. The molecule has 2 N–H and O–H groups in total. The first-order valence-electron chi connectivity index (χ1n) is 5.11. The third kappa shape index (κ3) is 3.07. The van der Waals surface area contributed by atoms with Gasteiger partial charge < -0.3 is 5.73 Å². The number of thiazole rings is 1. The maximum Gasteiger partial charge on any atom is 0.0794 e. The van der Waals surface area contributed by atoms with Crippen LogP contribution in [0.2, 0.25) is 0 Å². The molecule has 2 nitrogen and oxygen atoms in total. The first-order chi connectivity index (χ1) is 7.75. The molecule has 0 spiro atoms. The topological polar surface area (TPSA) is 38.9 Å². The quantitative estimate of drug-likeness (QED) is 0.845. The van der Waals surface area contributed by atoms with Gasteiger partial charge in [-0.1, -0.05) is 12.1 Å². The number of benzene rings is 1. The first kappa shape index (κ1) is 11.6. The number of hydrogen-bond donors (Lipinski definition) is 1. The summed E-state index contributed by atoms with van der Waals surface area (Å²) in [5.74, 6) is 0.979. The molecule has 2 aromatic rings. The summed E-state index contributed by atoms with van der Waals surface area (Å²) in [5.41, 5.74) is 8.91. The maximum absolute atomic E-state index is 5.86. The van der Waals surface area contributed by atoms with Crippen LogP contribution in [0, 0.1) is 0 Å². The number of nitrogens with zero attached hydrogens (tertiary/aromatic N) is 1. The van der Waals surface area contributed by atoms with Crippen molar-refractivity contribution in [2.75, 3.05) is 0 Å². The van der Waals surface area contributed by atoms with Crippen LogP contribution >= 0.6 is 23.1 Å². The molecule has 16 heavy (non-hydrogen) atoms. The van der Waals surface area contributed by atoms with Crippen LogP contribution in [0.15, 0.2) is 40.9 Å². The molecule has 0 amide bonds. The van der Waals surface area contributed by atoms with E-state index < -0.39 is 0 Å². The molecule has 1 unspecified atom stereocenters. The second kappa shape index (κ2) is 5.48. The van der Waals surface area contributed by atoms with Gasteiger partial charge in [-0.2, -0.15) is 0 Å². The van der Waals surface area contributed by atoms with Crippen molar-refractivity contribution < 1.29 is 0 Å². The van der Waals surface area contributed by atoms with Crippen molar-refractivity contribution in [2.24, 2.45) is 5.73 Å². The molecule has 4 heteroatoms. The molecule has 2 rings (SSSR count). The van der Waals surface area contributed by atoms with E-state index in [1.54, 1.807) is 11.3 Å². The van der Waals surface area contributed by atoms with Crippen molar-refractivity contribution in [3.63, 3.8) is 0 Å². The predicted octanol–water partition coefficient (Wildman–Crippen LogP) is 3.46. The van der Waals surface area contributed by atoms with Crippen LogP contribution in [-0.4, -0.2) is 4.98 Å². The van der Waals surface area contributed by atoms with Gasteiger partial charge in [0.05, 0.1) is 5.51 Å². The predicted molar refractivity (Wildman–Crippen MR) is 70.7 cm³/mol. The molecule has 0 aliphatic carbocycles. The lowest BCUT2D eigenvalue weighted by Gasteiger charge is -2.07. The molecule has 1 atom stereocenters. The molecule has 0 radical (unpaired) electrons. The van der Waals surface area contributed by atoms with Gasteiger partial charge in [-0.05, 0) is 24.6 Å². The highest BCUT2D eigenvalue weighted by molar-refractivity contribution is 7.98. The summed E-state index contributed by atoms with van der Waals surface area (Å²) in [6.07, 6.45) is 1.92. The summed E-state index contributed by atoms with van der Waals surface area (Å²) in [7, 11) is 0. The van der Waals surface area contributed by atoms with Gasteiger partial charge in [0.25, 0.3) is 0 Å². The lowest BCUT2D eigenvalue weighted by Crippen LogP contribution is -2.04. The molecule has 0 aliphatic rings. The molecule has 0 saturated carbocycles.